The van der Waals surface area contributed by atoms with Gasteiger partial charge in [-0.1, -0.05) is 44.2 Å². The van der Waals surface area contributed by atoms with E-state index in [1.165, 1.54) is 5.56 Å². The Hall–Kier alpha value is -1.43. The van der Waals surface area contributed by atoms with Crippen LogP contribution in [0.15, 0.2) is 30.3 Å². The van der Waals surface area contributed by atoms with Crippen molar-refractivity contribution in [3.63, 3.8) is 0 Å². The lowest BCUT2D eigenvalue weighted by molar-refractivity contribution is -0.180. The molecule has 2 fully saturated rings. The summed E-state index contributed by atoms with van der Waals surface area (Å²) in [5.74, 6) is 0.0714. The summed E-state index contributed by atoms with van der Waals surface area (Å²) in [6, 6.07) is 11.3. The van der Waals surface area contributed by atoms with Crippen LogP contribution >= 0.6 is 0 Å². The van der Waals surface area contributed by atoms with Crippen molar-refractivity contribution in [2.75, 3.05) is 20.2 Å². The van der Waals surface area contributed by atoms with Gasteiger partial charge < -0.3 is 15.4 Å². The molecule has 1 saturated carbocycles. The van der Waals surface area contributed by atoms with E-state index in [0.717, 1.165) is 25.9 Å². The van der Waals surface area contributed by atoms with E-state index in [4.69, 9.17) is 10.5 Å². The van der Waals surface area contributed by atoms with Gasteiger partial charge in [0.05, 0.1) is 6.10 Å². The van der Waals surface area contributed by atoms with Crippen molar-refractivity contribution in [2.24, 2.45) is 11.1 Å². The maximum atomic E-state index is 13.3. The standard InChI is InChI=1S/C23H37N3O2/c1-6-28-20-15-23(24,22(20,3)4)21(27)25(5)19-12-13-26(17(2)14-19)16-18-10-8-7-9-11-18/h7-11,17,19-20H,6,12-16,24H2,1-5H3. The first-order chi connectivity index (χ1) is 13.2. The number of hydrogen-bond donors (Lipinski definition) is 1. The van der Waals surface area contributed by atoms with Crippen molar-refractivity contribution >= 4 is 5.91 Å². The van der Waals surface area contributed by atoms with Gasteiger partial charge in [-0.25, -0.2) is 0 Å². The Kier molecular flexibility index (Phi) is 6.18. The van der Waals surface area contributed by atoms with Crippen LogP contribution in [-0.2, 0) is 16.1 Å². The minimum Gasteiger partial charge on any atom is -0.378 e. The SMILES string of the molecule is CCOC1CC(N)(C(=O)N(C)C2CCN(Cc3ccccc3)C(C)C2)C1(C)C. The summed E-state index contributed by atoms with van der Waals surface area (Å²) in [7, 11) is 1.94. The number of nitrogens with two attached hydrogens (primary N) is 1. The summed E-state index contributed by atoms with van der Waals surface area (Å²) < 4.78 is 5.79. The fourth-order valence-corrected chi connectivity index (χ4v) is 4.88. The second-order valence-electron chi connectivity index (χ2n) is 9.24. The lowest BCUT2D eigenvalue weighted by atomic mass is 9.54. The van der Waals surface area contributed by atoms with Crippen LogP contribution in [0, 0.1) is 5.41 Å². The molecule has 0 spiro atoms. The van der Waals surface area contributed by atoms with E-state index in [0.29, 0.717) is 19.1 Å². The van der Waals surface area contributed by atoms with Gasteiger partial charge in [0.25, 0.3) is 0 Å². The summed E-state index contributed by atoms with van der Waals surface area (Å²) in [6.07, 6.45) is 2.65. The number of likely N-dealkylation sites (N-methyl/N-ethyl adjacent to an activating group) is 1. The van der Waals surface area contributed by atoms with Crippen LogP contribution in [-0.4, -0.2) is 59.6 Å². The lowest BCUT2D eigenvalue weighted by Gasteiger charge is -2.59. The van der Waals surface area contributed by atoms with Crippen molar-refractivity contribution in [1.29, 1.82) is 0 Å². The van der Waals surface area contributed by atoms with Crippen molar-refractivity contribution in [1.82, 2.24) is 9.80 Å². The monoisotopic (exact) mass is 387 g/mol. The summed E-state index contributed by atoms with van der Waals surface area (Å²) in [5, 5.41) is 0. The van der Waals surface area contributed by atoms with Crippen molar-refractivity contribution in [3.8, 4) is 0 Å². The van der Waals surface area contributed by atoms with E-state index in [1.807, 2.05) is 18.9 Å². The van der Waals surface area contributed by atoms with E-state index in [1.54, 1.807) is 0 Å². The zero-order valence-electron chi connectivity index (χ0n) is 18.1. The number of rotatable bonds is 6. The highest BCUT2D eigenvalue weighted by Crippen LogP contribution is 2.50. The van der Waals surface area contributed by atoms with E-state index in [9.17, 15) is 4.79 Å². The number of carbonyl (C=O) groups excluding carboxylic acids is 1. The third-order valence-corrected chi connectivity index (χ3v) is 7.29. The molecule has 2 aliphatic rings. The van der Waals surface area contributed by atoms with Crippen LogP contribution in [0.3, 0.4) is 0 Å². The minimum atomic E-state index is -0.827. The van der Waals surface area contributed by atoms with Gasteiger partial charge >= 0.3 is 0 Å². The summed E-state index contributed by atoms with van der Waals surface area (Å²) in [4.78, 5) is 17.8. The van der Waals surface area contributed by atoms with Gasteiger partial charge in [-0.15, -0.1) is 0 Å². The number of ether oxygens (including phenoxy) is 1. The lowest BCUT2D eigenvalue weighted by Crippen LogP contribution is -2.76. The van der Waals surface area contributed by atoms with Crippen molar-refractivity contribution < 1.29 is 9.53 Å². The maximum absolute atomic E-state index is 13.3. The normalized spacial score (nSPS) is 32.6. The molecular weight excluding hydrogens is 350 g/mol. The number of hydrogen-bond acceptors (Lipinski definition) is 4. The molecule has 1 saturated heterocycles. The van der Waals surface area contributed by atoms with Gasteiger partial charge in [0, 0.05) is 50.7 Å². The van der Waals surface area contributed by atoms with Gasteiger partial charge in [0.1, 0.15) is 5.54 Å². The average molecular weight is 388 g/mol. The van der Waals surface area contributed by atoms with Gasteiger partial charge in [0.15, 0.2) is 0 Å². The van der Waals surface area contributed by atoms with Gasteiger partial charge in [-0.2, -0.15) is 0 Å². The van der Waals surface area contributed by atoms with Crippen LogP contribution in [0.2, 0.25) is 0 Å². The highest BCUT2D eigenvalue weighted by Gasteiger charge is 2.63. The van der Waals surface area contributed by atoms with Crippen LogP contribution in [0.25, 0.3) is 0 Å². The minimum absolute atomic E-state index is 0.0616. The number of benzene rings is 1. The van der Waals surface area contributed by atoms with Crippen molar-refractivity contribution in [3.05, 3.63) is 35.9 Å². The van der Waals surface area contributed by atoms with Gasteiger partial charge in [-0.3, -0.25) is 9.69 Å². The van der Waals surface area contributed by atoms with Crippen LogP contribution < -0.4 is 5.73 Å². The van der Waals surface area contributed by atoms with Gasteiger partial charge in [-0.05, 0) is 32.3 Å². The molecule has 1 aliphatic heterocycles. The highest BCUT2D eigenvalue weighted by molar-refractivity contribution is 5.89. The van der Waals surface area contributed by atoms with Crippen LogP contribution in [0.4, 0.5) is 0 Å². The molecule has 1 aromatic carbocycles. The molecule has 1 aliphatic carbocycles. The Balaban J connectivity index is 1.60. The molecule has 0 radical (unpaired) electrons. The molecule has 28 heavy (non-hydrogen) atoms. The topological polar surface area (TPSA) is 58.8 Å². The predicted octanol–water partition coefficient (Wildman–Crippen LogP) is 3.03. The summed E-state index contributed by atoms with van der Waals surface area (Å²) in [5.41, 5.74) is 6.81. The summed E-state index contributed by atoms with van der Waals surface area (Å²) >= 11 is 0. The summed E-state index contributed by atoms with van der Waals surface area (Å²) in [6.45, 7) is 11.0. The molecule has 2 N–H and O–H groups in total. The van der Waals surface area contributed by atoms with E-state index in [2.05, 4.69) is 56.0 Å². The maximum Gasteiger partial charge on any atom is 0.243 e. The first-order valence-electron chi connectivity index (χ1n) is 10.7. The number of carbonyl (C=O) groups is 1. The Morgan fingerprint density at radius 3 is 2.57 bits per heavy atom. The number of piperidine rings is 1. The van der Waals surface area contributed by atoms with E-state index in [-0.39, 0.29) is 23.5 Å². The average Bonchev–Trinajstić information content (AvgIpc) is 2.68. The predicted molar refractivity (Wildman–Crippen MR) is 113 cm³/mol. The second-order valence-corrected chi connectivity index (χ2v) is 9.24. The highest BCUT2D eigenvalue weighted by atomic mass is 16.5. The first kappa shape index (κ1) is 21.3. The number of likely N-dealkylation sites (tertiary alicyclic amines) is 1. The van der Waals surface area contributed by atoms with Gasteiger partial charge in [0.2, 0.25) is 5.91 Å². The van der Waals surface area contributed by atoms with E-state index < -0.39 is 5.54 Å². The smallest absolute Gasteiger partial charge is 0.243 e. The third-order valence-electron chi connectivity index (χ3n) is 7.29. The molecule has 0 bridgehead atoms. The second kappa shape index (κ2) is 8.13. The van der Waals surface area contributed by atoms with Crippen LogP contribution in [0.1, 0.15) is 52.5 Å². The van der Waals surface area contributed by atoms with Crippen LogP contribution in [0.5, 0.6) is 0 Å². The molecule has 4 atom stereocenters. The van der Waals surface area contributed by atoms with Crippen molar-refractivity contribution in [2.45, 2.75) is 77.2 Å². The molecule has 1 heterocycles. The molecular formula is C23H37N3O2. The number of nitrogens with zero attached hydrogens (tertiary/aromatic N) is 2. The molecule has 5 heteroatoms. The largest absolute Gasteiger partial charge is 0.378 e. The Morgan fingerprint density at radius 2 is 2.00 bits per heavy atom. The molecule has 156 valence electrons. The fraction of sp³-hybridized carbons (Fsp3) is 0.696. The molecule has 4 unspecified atom stereocenters. The zero-order valence-corrected chi connectivity index (χ0v) is 18.1. The third kappa shape index (κ3) is 3.72. The zero-order chi connectivity index (χ0) is 20.5. The Morgan fingerprint density at radius 1 is 1.32 bits per heavy atom. The molecule has 0 aromatic heterocycles. The molecule has 1 aromatic rings. The Bertz CT molecular complexity index is 678. The first-order valence-corrected chi connectivity index (χ1v) is 10.7. The fourth-order valence-electron chi connectivity index (χ4n) is 4.88. The molecule has 5 nitrogen and oxygen atoms in total. The molecule has 3 rings (SSSR count). The number of amides is 1. The Labute approximate surface area is 170 Å². The van der Waals surface area contributed by atoms with E-state index >= 15 is 0 Å². The molecule has 1 amide bonds. The quantitative estimate of drug-likeness (QED) is 0.815.